The van der Waals surface area contributed by atoms with E-state index in [2.05, 4.69) is 26.1 Å². The average Bonchev–Trinajstić information content (AvgIpc) is 2.82. The Bertz CT molecular complexity index is 254. The van der Waals surface area contributed by atoms with Gasteiger partial charge < -0.3 is 4.90 Å². The molecule has 0 spiro atoms. The lowest BCUT2D eigenvalue weighted by Crippen LogP contribution is -2.36. The molecule has 4 atom stereocenters. The van der Waals surface area contributed by atoms with Crippen LogP contribution in [0.3, 0.4) is 0 Å². The van der Waals surface area contributed by atoms with Crippen LogP contribution in [0, 0.1) is 11.8 Å². The Morgan fingerprint density at radius 2 is 2.13 bits per heavy atom. The number of amides is 1. The van der Waals surface area contributed by atoms with Crippen molar-refractivity contribution >= 4 is 5.91 Å². The highest BCUT2D eigenvalue weighted by Gasteiger charge is 2.41. The summed E-state index contributed by atoms with van der Waals surface area (Å²) >= 11 is 0. The van der Waals surface area contributed by atoms with Crippen molar-refractivity contribution in [3.8, 4) is 0 Å². The summed E-state index contributed by atoms with van der Waals surface area (Å²) in [7, 11) is 0. The van der Waals surface area contributed by atoms with Gasteiger partial charge in [-0.15, -0.1) is 0 Å². The van der Waals surface area contributed by atoms with Gasteiger partial charge in [-0.3, -0.25) is 10.1 Å². The van der Waals surface area contributed by atoms with E-state index in [-0.39, 0.29) is 12.2 Å². The number of rotatable bonds is 4. The molecule has 1 saturated heterocycles. The summed E-state index contributed by atoms with van der Waals surface area (Å²) in [5.74, 6) is 1.91. The Morgan fingerprint density at radius 1 is 1.47 bits per heavy atom. The molecule has 1 N–H and O–H groups in total. The molecule has 1 heterocycles. The lowest BCUT2D eigenvalue weighted by Gasteiger charge is -2.20. The molecular weight excluding hydrogens is 188 g/mol. The van der Waals surface area contributed by atoms with Crippen molar-refractivity contribution in [3.63, 3.8) is 0 Å². The van der Waals surface area contributed by atoms with E-state index >= 15 is 0 Å². The van der Waals surface area contributed by atoms with Crippen LogP contribution in [0.4, 0.5) is 0 Å². The quantitative estimate of drug-likeness (QED) is 0.764. The second-order valence-electron chi connectivity index (χ2n) is 5.15. The first-order chi connectivity index (χ1) is 7.13. The van der Waals surface area contributed by atoms with Crippen molar-refractivity contribution in [1.29, 1.82) is 0 Å². The molecule has 1 aliphatic carbocycles. The van der Waals surface area contributed by atoms with Crippen molar-refractivity contribution in [3.05, 3.63) is 0 Å². The van der Waals surface area contributed by atoms with Gasteiger partial charge in [0.1, 0.15) is 0 Å². The maximum Gasteiger partial charge on any atom is 0.241 e. The second kappa shape index (κ2) is 4.12. The molecule has 3 nitrogen and oxygen atoms in total. The van der Waals surface area contributed by atoms with Crippen LogP contribution in [-0.2, 0) is 4.79 Å². The third kappa shape index (κ3) is 2.17. The topological polar surface area (TPSA) is 32.3 Å². The van der Waals surface area contributed by atoms with Crippen LogP contribution in [-0.4, -0.2) is 29.6 Å². The van der Waals surface area contributed by atoms with E-state index in [0.29, 0.717) is 5.91 Å². The third-order valence-electron chi connectivity index (χ3n) is 3.78. The monoisotopic (exact) mass is 210 g/mol. The summed E-state index contributed by atoms with van der Waals surface area (Å²) in [6.07, 6.45) is 3.58. The first-order valence-corrected chi connectivity index (χ1v) is 6.20. The predicted molar refractivity (Wildman–Crippen MR) is 60.3 cm³/mol. The number of hydrogen-bond donors (Lipinski definition) is 1. The molecule has 86 valence electrons. The third-order valence-corrected chi connectivity index (χ3v) is 3.78. The molecule has 0 bridgehead atoms. The van der Waals surface area contributed by atoms with Crippen molar-refractivity contribution < 1.29 is 4.79 Å². The maximum atomic E-state index is 12.0. The molecule has 2 rings (SSSR count). The highest BCUT2D eigenvalue weighted by molar-refractivity contribution is 5.84. The highest BCUT2D eigenvalue weighted by Crippen LogP contribution is 2.39. The zero-order chi connectivity index (χ0) is 11.0. The zero-order valence-electron chi connectivity index (χ0n) is 9.99. The fourth-order valence-electron chi connectivity index (χ4n) is 2.49. The summed E-state index contributed by atoms with van der Waals surface area (Å²) in [5.41, 5.74) is 0. The molecule has 1 saturated carbocycles. The van der Waals surface area contributed by atoms with Crippen molar-refractivity contribution in [2.24, 2.45) is 11.8 Å². The van der Waals surface area contributed by atoms with Crippen LogP contribution in [0.5, 0.6) is 0 Å². The van der Waals surface area contributed by atoms with E-state index in [0.717, 1.165) is 31.2 Å². The minimum atomic E-state index is 0.0825. The van der Waals surface area contributed by atoms with E-state index in [1.807, 2.05) is 4.90 Å². The standard InChI is InChI=1S/C12H22N2O/c1-4-5-11-12(15)14(9(3)13-11)7-10-6-8(10)2/h8-11,13H,4-7H2,1-3H3. The van der Waals surface area contributed by atoms with Gasteiger partial charge >= 0.3 is 0 Å². The van der Waals surface area contributed by atoms with Crippen molar-refractivity contribution in [2.45, 2.75) is 52.2 Å². The minimum absolute atomic E-state index is 0.0825. The minimum Gasteiger partial charge on any atom is -0.326 e. The van der Waals surface area contributed by atoms with Gasteiger partial charge in [-0.2, -0.15) is 0 Å². The summed E-state index contributed by atoms with van der Waals surface area (Å²) in [6, 6.07) is 0.0825. The summed E-state index contributed by atoms with van der Waals surface area (Å²) in [6.45, 7) is 7.47. The van der Waals surface area contributed by atoms with Gasteiger partial charge in [0.05, 0.1) is 12.2 Å². The number of nitrogens with one attached hydrogen (secondary N) is 1. The SMILES string of the molecule is CCCC1NC(C)N(CC2CC2C)C1=O. The summed E-state index contributed by atoms with van der Waals surface area (Å²) in [4.78, 5) is 14.1. The van der Waals surface area contributed by atoms with Gasteiger partial charge in [0.25, 0.3) is 0 Å². The van der Waals surface area contributed by atoms with Crippen molar-refractivity contribution in [1.82, 2.24) is 10.2 Å². The van der Waals surface area contributed by atoms with Crippen LogP contribution < -0.4 is 5.32 Å². The molecule has 0 aromatic heterocycles. The fraction of sp³-hybridized carbons (Fsp3) is 0.917. The molecule has 0 radical (unpaired) electrons. The first-order valence-electron chi connectivity index (χ1n) is 6.20. The molecule has 4 unspecified atom stereocenters. The first kappa shape index (κ1) is 10.9. The van der Waals surface area contributed by atoms with Crippen LogP contribution >= 0.6 is 0 Å². The Labute approximate surface area is 92.2 Å². The van der Waals surface area contributed by atoms with Gasteiger partial charge in [-0.05, 0) is 31.6 Å². The second-order valence-corrected chi connectivity index (χ2v) is 5.15. The van der Waals surface area contributed by atoms with E-state index < -0.39 is 0 Å². The van der Waals surface area contributed by atoms with Gasteiger partial charge in [0.15, 0.2) is 0 Å². The van der Waals surface area contributed by atoms with E-state index in [1.165, 1.54) is 6.42 Å². The van der Waals surface area contributed by atoms with Gasteiger partial charge in [0, 0.05) is 6.54 Å². The molecule has 1 amide bonds. The highest BCUT2D eigenvalue weighted by atomic mass is 16.2. The molecule has 2 fully saturated rings. The van der Waals surface area contributed by atoms with Crippen LogP contribution in [0.2, 0.25) is 0 Å². The Balaban J connectivity index is 1.90. The molecule has 15 heavy (non-hydrogen) atoms. The van der Waals surface area contributed by atoms with Gasteiger partial charge in [-0.25, -0.2) is 0 Å². The Morgan fingerprint density at radius 3 is 2.67 bits per heavy atom. The largest absolute Gasteiger partial charge is 0.326 e. The van der Waals surface area contributed by atoms with Crippen molar-refractivity contribution in [2.75, 3.05) is 6.54 Å². The zero-order valence-corrected chi connectivity index (χ0v) is 9.99. The van der Waals surface area contributed by atoms with E-state index in [1.54, 1.807) is 0 Å². The Hall–Kier alpha value is -0.570. The van der Waals surface area contributed by atoms with Crippen LogP contribution in [0.25, 0.3) is 0 Å². The summed E-state index contributed by atoms with van der Waals surface area (Å²) in [5, 5.41) is 3.38. The molecule has 2 aliphatic rings. The molecule has 1 aliphatic heterocycles. The van der Waals surface area contributed by atoms with E-state index in [9.17, 15) is 4.79 Å². The molecule has 0 aromatic carbocycles. The van der Waals surface area contributed by atoms with Gasteiger partial charge in [-0.1, -0.05) is 20.3 Å². The Kier molecular flexibility index (Phi) is 3.01. The number of carbonyl (C=O) groups is 1. The lowest BCUT2D eigenvalue weighted by molar-refractivity contribution is -0.130. The molecule has 0 aromatic rings. The molecular formula is C12H22N2O. The fourth-order valence-corrected chi connectivity index (χ4v) is 2.49. The normalized spacial score (nSPS) is 39.9. The van der Waals surface area contributed by atoms with Crippen LogP contribution in [0.15, 0.2) is 0 Å². The van der Waals surface area contributed by atoms with Gasteiger partial charge in [0.2, 0.25) is 5.91 Å². The lowest BCUT2D eigenvalue weighted by atomic mass is 10.1. The average molecular weight is 210 g/mol. The predicted octanol–water partition coefficient (Wildman–Crippen LogP) is 1.59. The van der Waals surface area contributed by atoms with E-state index in [4.69, 9.17) is 0 Å². The number of hydrogen-bond acceptors (Lipinski definition) is 2. The molecule has 3 heteroatoms. The smallest absolute Gasteiger partial charge is 0.241 e. The number of nitrogens with zero attached hydrogens (tertiary/aromatic N) is 1. The number of carbonyl (C=O) groups excluding carboxylic acids is 1. The maximum absolute atomic E-state index is 12.0. The van der Waals surface area contributed by atoms with Crippen LogP contribution in [0.1, 0.15) is 40.0 Å². The summed E-state index contributed by atoms with van der Waals surface area (Å²) < 4.78 is 0.